The van der Waals surface area contributed by atoms with Crippen LogP contribution in [0.2, 0.25) is 0 Å². The number of carbonyl (C=O) groups is 1. The van der Waals surface area contributed by atoms with Crippen molar-refractivity contribution in [3.63, 3.8) is 0 Å². The fourth-order valence-electron chi connectivity index (χ4n) is 3.54. The number of rotatable bonds is 4. The lowest BCUT2D eigenvalue weighted by atomic mass is 9.82. The van der Waals surface area contributed by atoms with Crippen LogP contribution in [0.4, 0.5) is 0 Å². The summed E-state index contributed by atoms with van der Waals surface area (Å²) in [6.07, 6.45) is 8.74. The molecule has 0 radical (unpaired) electrons. The van der Waals surface area contributed by atoms with Crippen LogP contribution in [0, 0.1) is 0 Å². The molecule has 3 rings (SSSR count). The maximum atomic E-state index is 11.9. The van der Waals surface area contributed by atoms with E-state index in [1.807, 2.05) is 0 Å². The Morgan fingerprint density at radius 1 is 1.11 bits per heavy atom. The molecule has 2 unspecified atom stereocenters. The van der Waals surface area contributed by atoms with Gasteiger partial charge in [-0.25, -0.2) is 0 Å². The molecule has 2 atom stereocenters. The van der Waals surface area contributed by atoms with Crippen LogP contribution in [-0.4, -0.2) is 48.6 Å². The van der Waals surface area contributed by atoms with E-state index in [1.54, 1.807) is 0 Å². The first-order valence-electron chi connectivity index (χ1n) is 7.47. The summed E-state index contributed by atoms with van der Waals surface area (Å²) in [5.41, 5.74) is 0. The summed E-state index contributed by atoms with van der Waals surface area (Å²) in [4.78, 5) is 14.4. The summed E-state index contributed by atoms with van der Waals surface area (Å²) >= 11 is 0. The minimum Gasteiger partial charge on any atom is -0.352 e. The summed E-state index contributed by atoms with van der Waals surface area (Å²) in [6.45, 7) is 0.506. The molecule has 1 saturated carbocycles. The number of hydrogen-bond donors (Lipinski definition) is 2. The second-order valence-corrected chi connectivity index (χ2v) is 6.30. The lowest BCUT2D eigenvalue weighted by molar-refractivity contribution is -0.121. The number of nitrogens with one attached hydrogen (secondary N) is 2. The lowest BCUT2D eigenvalue weighted by Gasteiger charge is -2.47. The molecule has 4 nitrogen and oxygen atoms in total. The first kappa shape index (κ1) is 12.4. The van der Waals surface area contributed by atoms with Crippen molar-refractivity contribution >= 4 is 5.91 Å². The molecule has 3 aliphatic rings. The Morgan fingerprint density at radius 2 is 1.78 bits per heavy atom. The Bertz CT molecular complexity index is 302. The summed E-state index contributed by atoms with van der Waals surface area (Å²) in [7, 11) is 2.25. The van der Waals surface area contributed by atoms with Crippen LogP contribution in [0.15, 0.2) is 0 Å². The molecule has 18 heavy (non-hydrogen) atoms. The van der Waals surface area contributed by atoms with E-state index in [0.29, 0.717) is 30.7 Å². The minimum absolute atomic E-state index is 0.189. The monoisotopic (exact) mass is 251 g/mol. The highest BCUT2D eigenvalue weighted by atomic mass is 16.2. The standard InChI is InChI=1S/C14H25N3O/c1-17-12-3-2-4-13(17)8-11(7-12)16-14(18)9-15-10-5-6-10/h10-13,15H,2-9H2,1H3,(H,16,18). The van der Waals surface area contributed by atoms with Crippen LogP contribution in [0.5, 0.6) is 0 Å². The van der Waals surface area contributed by atoms with E-state index < -0.39 is 0 Å². The highest BCUT2D eigenvalue weighted by Crippen LogP contribution is 2.32. The van der Waals surface area contributed by atoms with Gasteiger partial charge in [0.2, 0.25) is 5.91 Å². The van der Waals surface area contributed by atoms with Gasteiger partial charge in [0, 0.05) is 24.2 Å². The van der Waals surface area contributed by atoms with Crippen LogP contribution >= 0.6 is 0 Å². The van der Waals surface area contributed by atoms with Gasteiger partial charge in [0.05, 0.1) is 6.54 Å². The van der Waals surface area contributed by atoms with Crippen molar-refractivity contribution in [2.45, 2.75) is 69.1 Å². The van der Waals surface area contributed by atoms with Crippen LogP contribution in [0.3, 0.4) is 0 Å². The Labute approximate surface area is 109 Å². The maximum absolute atomic E-state index is 11.9. The van der Waals surface area contributed by atoms with E-state index in [1.165, 1.54) is 32.1 Å². The van der Waals surface area contributed by atoms with Crippen LogP contribution in [0.25, 0.3) is 0 Å². The van der Waals surface area contributed by atoms with Gasteiger partial charge in [-0.3, -0.25) is 4.79 Å². The van der Waals surface area contributed by atoms with Gasteiger partial charge < -0.3 is 15.5 Å². The zero-order chi connectivity index (χ0) is 12.5. The molecule has 1 amide bonds. The highest BCUT2D eigenvalue weighted by Gasteiger charge is 2.36. The topological polar surface area (TPSA) is 44.4 Å². The molecule has 2 aliphatic heterocycles. The van der Waals surface area contributed by atoms with Crippen LogP contribution < -0.4 is 10.6 Å². The van der Waals surface area contributed by atoms with Gasteiger partial charge in [-0.1, -0.05) is 6.42 Å². The van der Waals surface area contributed by atoms with Crippen molar-refractivity contribution in [2.75, 3.05) is 13.6 Å². The van der Waals surface area contributed by atoms with Crippen molar-refractivity contribution in [3.8, 4) is 0 Å². The molecular formula is C14H25N3O. The predicted octanol–water partition coefficient (Wildman–Crippen LogP) is 0.870. The minimum atomic E-state index is 0.189. The number of amides is 1. The van der Waals surface area contributed by atoms with Crippen LogP contribution in [-0.2, 0) is 4.79 Å². The van der Waals surface area contributed by atoms with Gasteiger partial charge in [-0.05, 0) is 45.6 Å². The normalized spacial score (nSPS) is 36.4. The molecular weight excluding hydrogens is 226 g/mol. The van der Waals surface area contributed by atoms with Gasteiger partial charge in [0.1, 0.15) is 0 Å². The van der Waals surface area contributed by atoms with Gasteiger partial charge >= 0.3 is 0 Å². The van der Waals surface area contributed by atoms with Gasteiger partial charge in [0.15, 0.2) is 0 Å². The summed E-state index contributed by atoms with van der Waals surface area (Å²) < 4.78 is 0. The molecule has 2 bridgehead atoms. The second-order valence-electron chi connectivity index (χ2n) is 6.30. The number of hydrogen-bond acceptors (Lipinski definition) is 3. The summed E-state index contributed by atoms with van der Waals surface area (Å²) in [5, 5.41) is 6.51. The third-order valence-corrected chi connectivity index (χ3v) is 4.83. The van der Waals surface area contributed by atoms with E-state index >= 15 is 0 Å². The average Bonchev–Trinajstić information content (AvgIpc) is 3.12. The number of nitrogens with zero attached hydrogens (tertiary/aromatic N) is 1. The first-order chi connectivity index (χ1) is 8.72. The molecule has 2 heterocycles. The predicted molar refractivity (Wildman–Crippen MR) is 71.4 cm³/mol. The van der Waals surface area contributed by atoms with Crippen molar-refractivity contribution in [2.24, 2.45) is 0 Å². The summed E-state index contributed by atoms with van der Waals surface area (Å²) in [6, 6.07) is 2.41. The average molecular weight is 251 g/mol. The zero-order valence-electron chi connectivity index (χ0n) is 11.3. The van der Waals surface area contributed by atoms with Crippen molar-refractivity contribution in [1.29, 1.82) is 0 Å². The Kier molecular flexibility index (Phi) is 3.57. The number of carbonyl (C=O) groups excluding carboxylic acids is 1. The Morgan fingerprint density at radius 3 is 2.39 bits per heavy atom. The third kappa shape index (κ3) is 2.86. The molecule has 1 aliphatic carbocycles. The smallest absolute Gasteiger partial charge is 0.234 e. The molecule has 0 aromatic carbocycles. The fourth-order valence-corrected chi connectivity index (χ4v) is 3.54. The van der Waals surface area contributed by atoms with E-state index in [0.717, 1.165) is 12.8 Å². The fraction of sp³-hybridized carbons (Fsp3) is 0.929. The largest absolute Gasteiger partial charge is 0.352 e. The lowest BCUT2D eigenvalue weighted by Crippen LogP contribution is -2.56. The molecule has 2 N–H and O–H groups in total. The van der Waals surface area contributed by atoms with E-state index in [4.69, 9.17) is 0 Å². The quantitative estimate of drug-likeness (QED) is 0.779. The molecule has 102 valence electrons. The van der Waals surface area contributed by atoms with Gasteiger partial charge in [-0.15, -0.1) is 0 Å². The third-order valence-electron chi connectivity index (χ3n) is 4.83. The molecule has 0 aromatic rings. The summed E-state index contributed by atoms with van der Waals surface area (Å²) in [5.74, 6) is 0.189. The molecule has 4 heteroatoms. The zero-order valence-corrected chi connectivity index (χ0v) is 11.3. The van der Waals surface area contributed by atoms with Gasteiger partial charge in [0.25, 0.3) is 0 Å². The highest BCUT2D eigenvalue weighted by molar-refractivity contribution is 5.78. The SMILES string of the molecule is CN1C2CCCC1CC(NC(=O)CNC1CC1)C2. The van der Waals surface area contributed by atoms with E-state index in [-0.39, 0.29) is 5.91 Å². The van der Waals surface area contributed by atoms with Gasteiger partial charge in [-0.2, -0.15) is 0 Å². The van der Waals surface area contributed by atoms with Crippen molar-refractivity contribution in [1.82, 2.24) is 15.5 Å². The van der Waals surface area contributed by atoms with Crippen molar-refractivity contribution in [3.05, 3.63) is 0 Å². The van der Waals surface area contributed by atoms with Crippen LogP contribution in [0.1, 0.15) is 44.9 Å². The molecule has 0 aromatic heterocycles. The molecule has 2 saturated heterocycles. The van der Waals surface area contributed by atoms with Crippen molar-refractivity contribution < 1.29 is 4.79 Å². The number of piperidine rings is 2. The second kappa shape index (κ2) is 5.17. The Balaban J connectivity index is 1.46. The molecule has 3 fully saturated rings. The van der Waals surface area contributed by atoms with E-state index in [2.05, 4.69) is 22.6 Å². The molecule has 0 spiro atoms. The Hall–Kier alpha value is -0.610. The number of fused-ring (bicyclic) bond motifs is 2. The first-order valence-corrected chi connectivity index (χ1v) is 7.47. The maximum Gasteiger partial charge on any atom is 0.234 e. The van der Waals surface area contributed by atoms with E-state index in [9.17, 15) is 4.79 Å².